The molecule has 2 heterocycles. The molecule has 0 spiro atoms. The molecule has 4 aromatic carbocycles. The molecule has 8 nitrogen and oxygen atoms in total. The first-order valence-corrected chi connectivity index (χ1v) is 15.2. The van der Waals surface area contributed by atoms with E-state index >= 15 is 0 Å². The van der Waals surface area contributed by atoms with Crippen LogP contribution in [0.3, 0.4) is 0 Å². The molecule has 0 amide bonds. The van der Waals surface area contributed by atoms with E-state index in [4.69, 9.17) is 31.6 Å². The maximum atomic E-state index is 13.5. The van der Waals surface area contributed by atoms with Crippen molar-refractivity contribution in [3.8, 4) is 33.8 Å². The van der Waals surface area contributed by atoms with Crippen LogP contribution in [-0.4, -0.2) is 32.5 Å². The highest BCUT2D eigenvalue weighted by atomic mass is 35.5. The third-order valence-electron chi connectivity index (χ3n) is 6.93. The van der Waals surface area contributed by atoms with E-state index in [2.05, 4.69) is 20.6 Å². The fourth-order valence-corrected chi connectivity index (χ4v) is 6.08. The summed E-state index contributed by atoms with van der Waals surface area (Å²) in [6.07, 6.45) is 3.30. The van der Waals surface area contributed by atoms with Crippen molar-refractivity contribution in [1.82, 2.24) is 9.97 Å². The second-order valence-electron chi connectivity index (χ2n) is 9.49. The summed E-state index contributed by atoms with van der Waals surface area (Å²) in [5.41, 5.74) is 4.92. The molecule has 216 valence electrons. The van der Waals surface area contributed by atoms with Crippen molar-refractivity contribution >= 4 is 66.8 Å². The Morgan fingerprint density at radius 1 is 0.605 bits per heavy atom. The van der Waals surface area contributed by atoms with Gasteiger partial charge in [-0.05, 0) is 72.8 Å². The van der Waals surface area contributed by atoms with E-state index < -0.39 is 10.4 Å². The lowest BCUT2D eigenvalue weighted by Crippen LogP contribution is -2.17. The lowest BCUT2D eigenvalue weighted by Gasteiger charge is -2.17. The highest BCUT2D eigenvalue weighted by molar-refractivity contribution is 7.82. The molecule has 2 aromatic heterocycles. The van der Waals surface area contributed by atoms with Crippen LogP contribution >= 0.6 is 23.2 Å². The summed E-state index contributed by atoms with van der Waals surface area (Å²) >= 11 is 12.9. The summed E-state index contributed by atoms with van der Waals surface area (Å²) in [5, 5.41) is 8.65. The SMILES string of the molecule is CNc1ccc(OS(=O)(=O)Oc2ccc(NC)cc2-c2ccc(Cl)c3cccnc23)c(-c2ccc(Cl)c3cccnc23)c1. The Kier molecular flexibility index (Phi) is 7.70. The lowest BCUT2D eigenvalue weighted by molar-refractivity contribution is 0.393. The minimum atomic E-state index is -4.64. The maximum Gasteiger partial charge on any atom is 0.501 e. The van der Waals surface area contributed by atoms with Gasteiger partial charge >= 0.3 is 10.4 Å². The number of anilines is 2. The van der Waals surface area contributed by atoms with Gasteiger partial charge < -0.3 is 19.0 Å². The fraction of sp³-hybridized carbons (Fsp3) is 0.0625. The first kappa shape index (κ1) is 28.5. The molecule has 2 N–H and O–H groups in total. The second-order valence-corrected chi connectivity index (χ2v) is 11.5. The summed E-state index contributed by atoms with van der Waals surface area (Å²) in [6, 6.07) is 24.4. The van der Waals surface area contributed by atoms with Crippen LogP contribution in [0.15, 0.2) is 97.3 Å². The van der Waals surface area contributed by atoms with Gasteiger partial charge in [-0.2, -0.15) is 0 Å². The first-order chi connectivity index (χ1) is 20.8. The molecule has 0 saturated heterocycles. The largest absolute Gasteiger partial charge is 0.501 e. The molecule has 6 aromatic rings. The van der Waals surface area contributed by atoms with Crippen LogP contribution in [0.5, 0.6) is 11.5 Å². The Balaban J connectivity index is 1.43. The molecule has 0 fully saturated rings. The number of benzene rings is 4. The molecular formula is C32H24Cl2N4O4S. The Hall–Kier alpha value is -4.57. The van der Waals surface area contributed by atoms with Crippen molar-refractivity contribution in [1.29, 1.82) is 0 Å². The molecule has 0 radical (unpaired) electrons. The number of nitrogens with one attached hydrogen (secondary N) is 2. The van der Waals surface area contributed by atoms with Gasteiger partial charge in [-0.15, -0.1) is 8.42 Å². The number of halogens is 2. The van der Waals surface area contributed by atoms with E-state index in [1.165, 1.54) is 0 Å². The average molecular weight is 632 g/mol. The van der Waals surface area contributed by atoms with Crippen molar-refractivity contribution < 1.29 is 16.8 Å². The van der Waals surface area contributed by atoms with Gasteiger partial charge in [0.1, 0.15) is 0 Å². The monoisotopic (exact) mass is 630 g/mol. The van der Waals surface area contributed by atoms with Gasteiger partial charge in [0.2, 0.25) is 0 Å². The third-order valence-corrected chi connectivity index (χ3v) is 8.36. The summed E-state index contributed by atoms with van der Waals surface area (Å²) < 4.78 is 38.3. The number of aromatic nitrogens is 2. The van der Waals surface area contributed by atoms with Gasteiger partial charge in [-0.3, -0.25) is 9.97 Å². The van der Waals surface area contributed by atoms with Crippen LogP contribution in [0.1, 0.15) is 0 Å². The zero-order chi connectivity index (χ0) is 30.1. The summed E-state index contributed by atoms with van der Waals surface area (Å²) in [4.78, 5) is 9.02. The fourth-order valence-electron chi connectivity index (χ4n) is 4.88. The van der Waals surface area contributed by atoms with Crippen molar-refractivity contribution in [2.45, 2.75) is 0 Å². The average Bonchev–Trinajstić information content (AvgIpc) is 3.02. The Morgan fingerprint density at radius 3 is 1.47 bits per heavy atom. The van der Waals surface area contributed by atoms with E-state index in [0.29, 0.717) is 43.3 Å². The van der Waals surface area contributed by atoms with Crippen LogP contribution in [0.2, 0.25) is 10.0 Å². The lowest BCUT2D eigenvalue weighted by atomic mass is 10.0. The molecule has 0 aliphatic carbocycles. The zero-order valence-corrected chi connectivity index (χ0v) is 25.3. The number of rotatable bonds is 8. The first-order valence-electron chi connectivity index (χ1n) is 13.1. The van der Waals surface area contributed by atoms with Gasteiger partial charge in [0.15, 0.2) is 11.5 Å². The summed E-state index contributed by atoms with van der Waals surface area (Å²) in [7, 11) is -1.11. The predicted molar refractivity (Wildman–Crippen MR) is 174 cm³/mol. The number of fused-ring (bicyclic) bond motifs is 2. The molecule has 43 heavy (non-hydrogen) atoms. The summed E-state index contributed by atoms with van der Waals surface area (Å²) in [5.74, 6) is 0.112. The van der Waals surface area contributed by atoms with E-state index in [-0.39, 0.29) is 11.5 Å². The van der Waals surface area contributed by atoms with Gasteiger partial charge in [0.25, 0.3) is 0 Å². The Labute approximate surface area is 258 Å². The molecule has 11 heteroatoms. The van der Waals surface area contributed by atoms with Crippen LogP contribution in [0.25, 0.3) is 44.1 Å². The molecule has 0 bridgehead atoms. The zero-order valence-electron chi connectivity index (χ0n) is 22.9. The van der Waals surface area contributed by atoms with Gasteiger partial charge in [-0.1, -0.05) is 35.3 Å². The smallest absolute Gasteiger partial charge is 0.388 e. The van der Waals surface area contributed by atoms with Crippen molar-refractivity contribution in [2.24, 2.45) is 0 Å². The Morgan fingerprint density at radius 2 is 1.05 bits per heavy atom. The molecule has 0 aliphatic heterocycles. The molecular weight excluding hydrogens is 607 g/mol. The van der Waals surface area contributed by atoms with Crippen molar-refractivity contribution in [2.75, 3.05) is 24.7 Å². The molecule has 0 saturated carbocycles. The van der Waals surface area contributed by atoms with Crippen LogP contribution < -0.4 is 19.0 Å². The van der Waals surface area contributed by atoms with E-state index in [9.17, 15) is 8.42 Å². The van der Waals surface area contributed by atoms with Crippen molar-refractivity contribution in [3.05, 3.63) is 107 Å². The molecule has 6 rings (SSSR count). The van der Waals surface area contributed by atoms with Gasteiger partial charge in [0, 0.05) is 70.9 Å². The number of pyridine rings is 2. The minimum absolute atomic E-state index is 0.0558. The van der Waals surface area contributed by atoms with Crippen LogP contribution in [-0.2, 0) is 10.4 Å². The number of hydrogen-bond donors (Lipinski definition) is 2. The predicted octanol–water partition coefficient (Wildman–Crippen LogP) is 8.21. The quantitative estimate of drug-likeness (QED) is 0.173. The highest BCUT2D eigenvalue weighted by Gasteiger charge is 2.24. The van der Waals surface area contributed by atoms with E-state index in [1.54, 1.807) is 99.3 Å². The number of nitrogens with zero attached hydrogens (tertiary/aromatic N) is 2. The highest BCUT2D eigenvalue weighted by Crippen LogP contribution is 2.41. The van der Waals surface area contributed by atoms with Crippen LogP contribution in [0, 0.1) is 0 Å². The van der Waals surface area contributed by atoms with Crippen LogP contribution in [0.4, 0.5) is 11.4 Å². The molecule has 0 unspecified atom stereocenters. The van der Waals surface area contributed by atoms with Gasteiger partial charge in [0.05, 0.1) is 21.1 Å². The van der Waals surface area contributed by atoms with Crippen molar-refractivity contribution in [3.63, 3.8) is 0 Å². The second kappa shape index (κ2) is 11.6. The normalized spacial score (nSPS) is 11.4. The van der Waals surface area contributed by atoms with E-state index in [0.717, 1.165) is 22.1 Å². The van der Waals surface area contributed by atoms with Gasteiger partial charge in [-0.25, -0.2) is 0 Å². The molecule has 0 atom stereocenters. The minimum Gasteiger partial charge on any atom is -0.388 e. The Bertz CT molecular complexity index is 1980. The third kappa shape index (κ3) is 5.62. The topological polar surface area (TPSA) is 102 Å². The number of hydrogen-bond acceptors (Lipinski definition) is 8. The molecule has 0 aliphatic rings. The van der Waals surface area contributed by atoms with E-state index in [1.807, 2.05) is 12.1 Å². The maximum absolute atomic E-state index is 13.5. The standard InChI is InChI=1S/C32H24Cl2N4O4S/c1-35-19-7-13-29(25(17-19)21-9-11-27(33)23-5-3-15-37-31(21)23)41-43(39,40)42-30-14-8-20(36-2)18-26(30)22-10-12-28(34)24-6-4-16-38-32(22)24/h3-18,35-36H,1-2H3. The summed E-state index contributed by atoms with van der Waals surface area (Å²) in [6.45, 7) is 0.